The van der Waals surface area contributed by atoms with E-state index in [1.165, 1.54) is 12.1 Å². The summed E-state index contributed by atoms with van der Waals surface area (Å²) in [6.07, 6.45) is 6.24. The second-order valence-corrected chi connectivity index (χ2v) is 12.9. The Kier molecular flexibility index (Phi) is 10.8. The van der Waals surface area contributed by atoms with Crippen molar-refractivity contribution in [1.82, 2.24) is 25.4 Å². The summed E-state index contributed by atoms with van der Waals surface area (Å²) < 4.78 is 5.72. The van der Waals surface area contributed by atoms with Crippen molar-refractivity contribution in [1.29, 1.82) is 5.26 Å². The topological polar surface area (TPSA) is 161 Å². The molecule has 3 atom stereocenters. The number of aromatic nitrogens is 1. The first-order valence-electron chi connectivity index (χ1n) is 17.1. The molecule has 2 aromatic heterocycles. The largest absolute Gasteiger partial charge is 0.461 e. The quantitative estimate of drug-likeness (QED) is 0.146. The third-order valence-electron chi connectivity index (χ3n) is 9.30. The summed E-state index contributed by atoms with van der Waals surface area (Å²) in [5.41, 5.74) is 2.86. The zero-order valence-corrected chi connectivity index (χ0v) is 28.1. The monoisotopic (exact) mass is 675 g/mol. The Morgan fingerprint density at radius 2 is 1.68 bits per heavy atom. The normalized spacial score (nSPS) is 17.5. The summed E-state index contributed by atoms with van der Waals surface area (Å²) >= 11 is 0. The molecule has 2 aromatic carbocycles. The molecule has 4 heterocycles. The third kappa shape index (κ3) is 8.18. The van der Waals surface area contributed by atoms with Gasteiger partial charge in [0.2, 0.25) is 11.8 Å². The van der Waals surface area contributed by atoms with Crippen LogP contribution in [-0.2, 0) is 16.1 Å². The van der Waals surface area contributed by atoms with E-state index in [9.17, 15) is 24.4 Å². The number of likely N-dealkylation sites (tertiary alicyclic amines) is 2. The zero-order valence-electron chi connectivity index (χ0n) is 28.1. The van der Waals surface area contributed by atoms with Gasteiger partial charge in [-0.05, 0) is 93.1 Å². The smallest absolute Gasteiger partial charge is 0.251 e. The molecular formula is C38H41N7O5. The number of hydrogen-bond donors (Lipinski definition) is 3. The number of benzene rings is 2. The second-order valence-electron chi connectivity index (χ2n) is 12.9. The Labute approximate surface area is 290 Å². The molecule has 50 heavy (non-hydrogen) atoms. The molecule has 0 spiro atoms. The summed E-state index contributed by atoms with van der Waals surface area (Å²) in [4.78, 5) is 61.1. The number of hydrogen-bond acceptors (Lipinski definition) is 9. The average molecular weight is 676 g/mol. The number of aryl methyl sites for hydroxylation is 1. The molecule has 258 valence electrons. The first kappa shape index (κ1) is 34.3. The highest BCUT2D eigenvalue weighted by atomic mass is 16.3. The van der Waals surface area contributed by atoms with E-state index in [1.807, 2.05) is 37.3 Å². The number of Topliss-reactive ketones (excluding diaryl/α,β-unsaturated/α-hetero) is 1. The molecule has 0 saturated carbocycles. The SMILES string of the molecule is Cc1cc2cc(NC(N[C@H]3CCCCN(CC(=O)N4CCCC4)C3=O)C(C#N)C(=O)c3ccc(C(=O)NCc4ccncc4)cc3)ccc2o1. The number of anilines is 1. The Bertz CT molecular complexity index is 1880. The molecule has 2 aliphatic heterocycles. The molecule has 3 N–H and O–H groups in total. The lowest BCUT2D eigenvalue weighted by atomic mass is 9.94. The molecule has 0 radical (unpaired) electrons. The van der Waals surface area contributed by atoms with Gasteiger partial charge < -0.3 is 24.9 Å². The number of carbonyl (C=O) groups excluding carboxylic acids is 4. The van der Waals surface area contributed by atoms with Gasteiger partial charge in [-0.25, -0.2) is 0 Å². The van der Waals surface area contributed by atoms with Crippen LogP contribution >= 0.6 is 0 Å². The van der Waals surface area contributed by atoms with Crippen molar-refractivity contribution in [2.45, 2.75) is 57.8 Å². The first-order chi connectivity index (χ1) is 24.3. The van der Waals surface area contributed by atoms with Crippen LogP contribution in [0.15, 0.2) is 77.5 Å². The van der Waals surface area contributed by atoms with E-state index in [0.29, 0.717) is 49.4 Å². The van der Waals surface area contributed by atoms with Crippen LogP contribution in [0.3, 0.4) is 0 Å². The molecule has 0 aliphatic carbocycles. The van der Waals surface area contributed by atoms with Crippen LogP contribution in [0.25, 0.3) is 11.0 Å². The van der Waals surface area contributed by atoms with Crippen molar-refractivity contribution < 1.29 is 23.6 Å². The predicted octanol–water partition coefficient (Wildman–Crippen LogP) is 4.42. The van der Waals surface area contributed by atoms with Crippen molar-refractivity contribution in [3.63, 3.8) is 0 Å². The van der Waals surface area contributed by atoms with Gasteiger partial charge in [0.05, 0.1) is 18.7 Å². The highest BCUT2D eigenvalue weighted by Crippen LogP contribution is 2.25. The van der Waals surface area contributed by atoms with Crippen LogP contribution in [0.2, 0.25) is 0 Å². The number of nitrogens with one attached hydrogen (secondary N) is 3. The molecule has 6 rings (SSSR count). The number of pyridine rings is 1. The molecule has 2 unspecified atom stereocenters. The van der Waals surface area contributed by atoms with Gasteiger partial charge in [-0.3, -0.25) is 29.5 Å². The number of carbonyl (C=O) groups is 4. The second kappa shape index (κ2) is 15.8. The van der Waals surface area contributed by atoms with Crippen molar-refractivity contribution in [2.24, 2.45) is 5.92 Å². The van der Waals surface area contributed by atoms with E-state index >= 15 is 0 Å². The minimum Gasteiger partial charge on any atom is -0.461 e. The van der Waals surface area contributed by atoms with E-state index < -0.39 is 23.9 Å². The first-order valence-corrected chi connectivity index (χ1v) is 17.1. The van der Waals surface area contributed by atoms with Gasteiger partial charge in [-0.2, -0.15) is 5.26 Å². The van der Waals surface area contributed by atoms with Crippen LogP contribution in [-0.4, -0.2) is 76.7 Å². The molecule has 0 bridgehead atoms. The fourth-order valence-electron chi connectivity index (χ4n) is 6.56. The van der Waals surface area contributed by atoms with Crippen LogP contribution in [0.4, 0.5) is 5.69 Å². The van der Waals surface area contributed by atoms with Gasteiger partial charge in [0.25, 0.3) is 5.91 Å². The van der Waals surface area contributed by atoms with Gasteiger partial charge in [-0.15, -0.1) is 0 Å². The van der Waals surface area contributed by atoms with E-state index in [-0.39, 0.29) is 29.8 Å². The van der Waals surface area contributed by atoms with Gasteiger partial charge in [0, 0.05) is 60.8 Å². The van der Waals surface area contributed by atoms with Crippen molar-refractivity contribution >= 4 is 40.2 Å². The van der Waals surface area contributed by atoms with Gasteiger partial charge in [0.15, 0.2) is 5.78 Å². The Balaban J connectivity index is 1.21. The molecule has 2 aliphatic rings. The maximum Gasteiger partial charge on any atom is 0.251 e. The number of furan rings is 1. The average Bonchev–Trinajstić information content (AvgIpc) is 3.77. The Morgan fingerprint density at radius 1 is 0.960 bits per heavy atom. The molecule has 4 aromatic rings. The van der Waals surface area contributed by atoms with Gasteiger partial charge in [-0.1, -0.05) is 12.1 Å². The highest BCUT2D eigenvalue weighted by Gasteiger charge is 2.36. The van der Waals surface area contributed by atoms with Gasteiger partial charge >= 0.3 is 0 Å². The Morgan fingerprint density at radius 3 is 2.42 bits per heavy atom. The number of ketones is 1. The maximum atomic E-state index is 14.0. The zero-order chi connectivity index (χ0) is 35.0. The summed E-state index contributed by atoms with van der Waals surface area (Å²) in [6, 6.07) is 18.6. The Hall–Kier alpha value is -5.54. The summed E-state index contributed by atoms with van der Waals surface area (Å²) in [5, 5.41) is 20.8. The fourth-order valence-corrected chi connectivity index (χ4v) is 6.56. The van der Waals surface area contributed by atoms with Crippen LogP contribution < -0.4 is 16.0 Å². The van der Waals surface area contributed by atoms with Gasteiger partial charge in [0.1, 0.15) is 23.4 Å². The number of fused-ring (bicyclic) bond motifs is 1. The van der Waals surface area contributed by atoms with Crippen molar-refractivity contribution in [3.8, 4) is 6.07 Å². The molecule has 2 saturated heterocycles. The molecule has 12 nitrogen and oxygen atoms in total. The number of amides is 3. The van der Waals surface area contributed by atoms with Crippen molar-refractivity contribution in [3.05, 3.63) is 95.5 Å². The lowest BCUT2D eigenvalue weighted by molar-refractivity contribution is -0.140. The lowest BCUT2D eigenvalue weighted by Gasteiger charge is -2.31. The summed E-state index contributed by atoms with van der Waals surface area (Å²) in [5.74, 6) is -1.56. The highest BCUT2D eigenvalue weighted by molar-refractivity contribution is 6.01. The lowest BCUT2D eigenvalue weighted by Crippen LogP contribution is -2.55. The standard InChI is InChI=1S/C38H41N7O5/c1-25-20-29-21-30(11-12-33(29)50-25)42-36(43-32-6-2-3-19-45(38(32)49)24-34(46)44-17-4-5-18-44)31(22-39)35(47)27-7-9-28(10-8-27)37(48)41-23-26-13-15-40-16-14-26/h7-16,20-21,31-32,36,42-43H,2-6,17-19,23-24H2,1H3,(H,41,48)/t31?,32-,36?/m0/s1. The molecule has 12 heteroatoms. The number of nitriles is 1. The van der Waals surface area contributed by atoms with Crippen LogP contribution in [0.1, 0.15) is 64.1 Å². The van der Waals surface area contributed by atoms with E-state index in [4.69, 9.17) is 4.42 Å². The predicted molar refractivity (Wildman–Crippen MR) is 187 cm³/mol. The molecule has 2 fully saturated rings. The third-order valence-corrected chi connectivity index (χ3v) is 9.30. The minimum absolute atomic E-state index is 0.00864. The summed E-state index contributed by atoms with van der Waals surface area (Å²) in [7, 11) is 0. The van der Waals surface area contributed by atoms with E-state index in [0.717, 1.165) is 42.4 Å². The summed E-state index contributed by atoms with van der Waals surface area (Å²) in [6.45, 7) is 4.07. The van der Waals surface area contributed by atoms with Crippen LogP contribution in [0, 0.1) is 24.2 Å². The van der Waals surface area contributed by atoms with Crippen molar-refractivity contribution in [2.75, 3.05) is 31.5 Å². The molecule has 3 amide bonds. The minimum atomic E-state index is -1.25. The molecular weight excluding hydrogens is 634 g/mol. The van der Waals surface area contributed by atoms with E-state index in [1.54, 1.807) is 40.4 Å². The van der Waals surface area contributed by atoms with Crippen LogP contribution in [0.5, 0.6) is 0 Å². The fraction of sp³-hybridized carbons (Fsp3) is 0.368. The maximum absolute atomic E-state index is 14.0. The van der Waals surface area contributed by atoms with E-state index in [2.05, 4.69) is 27.0 Å². The number of rotatable bonds is 12. The number of nitrogens with zero attached hydrogens (tertiary/aromatic N) is 4.